The topological polar surface area (TPSA) is 143 Å². The first-order valence-corrected chi connectivity index (χ1v) is 12.3. The van der Waals surface area contributed by atoms with E-state index >= 15 is 0 Å². The molecule has 0 aromatic carbocycles. The number of guanidine groups is 1. The molecular formula is C24H46N4O4. The molecule has 1 atom stereocenters. The molecule has 6 N–H and O–H groups in total. The smallest absolute Gasteiger partial charge is 0.370 e. The number of allylic oxidation sites excluding steroid dienone is 2. The molecule has 0 aliphatic heterocycles. The van der Waals surface area contributed by atoms with Gasteiger partial charge >= 0.3 is 11.9 Å². The van der Waals surface area contributed by atoms with Crippen molar-refractivity contribution in [2.45, 2.75) is 116 Å². The highest BCUT2D eigenvalue weighted by molar-refractivity contribution is 5.77. The van der Waals surface area contributed by atoms with Crippen molar-refractivity contribution in [1.29, 1.82) is 0 Å². The Bertz CT molecular complexity index is 534. The van der Waals surface area contributed by atoms with Gasteiger partial charge in [0.15, 0.2) is 5.96 Å². The zero-order valence-electron chi connectivity index (χ0n) is 20.1. The fraction of sp³-hybridized carbons (Fsp3) is 0.792. The highest BCUT2D eigenvalue weighted by Gasteiger charge is 2.18. The largest absolute Gasteiger partial charge is 0.372 e. The summed E-state index contributed by atoms with van der Waals surface area (Å²) in [5.41, 5.74) is 16.1. The zero-order chi connectivity index (χ0) is 23.9. The highest BCUT2D eigenvalue weighted by atomic mass is 17.2. The van der Waals surface area contributed by atoms with E-state index < -0.39 is 18.0 Å². The highest BCUT2D eigenvalue weighted by Crippen LogP contribution is 2.10. The Morgan fingerprint density at radius 3 is 1.97 bits per heavy atom. The Hall–Kier alpha value is -2.09. The SMILES string of the molecule is CCCCCCCC/C=C\CCCCCCCC(=O)OOC(=O)C(N)CCCN=C(N)N. The summed E-state index contributed by atoms with van der Waals surface area (Å²) in [6.07, 6.45) is 21.2. The summed E-state index contributed by atoms with van der Waals surface area (Å²) < 4.78 is 0. The number of unbranched alkanes of at least 4 members (excludes halogenated alkanes) is 11. The van der Waals surface area contributed by atoms with Crippen LogP contribution in [-0.2, 0) is 19.4 Å². The minimum atomic E-state index is -0.878. The quantitative estimate of drug-likeness (QED) is 0.0617. The first-order valence-electron chi connectivity index (χ1n) is 12.3. The summed E-state index contributed by atoms with van der Waals surface area (Å²) >= 11 is 0. The maximum Gasteiger partial charge on any atom is 0.372 e. The van der Waals surface area contributed by atoms with Gasteiger partial charge in [0, 0.05) is 6.54 Å². The van der Waals surface area contributed by atoms with Gasteiger partial charge in [-0.1, -0.05) is 70.4 Å². The minimum absolute atomic E-state index is 0.00859. The fourth-order valence-electron chi connectivity index (χ4n) is 3.17. The lowest BCUT2D eigenvalue weighted by molar-refractivity contribution is -0.260. The van der Waals surface area contributed by atoms with Crippen LogP contribution < -0.4 is 17.2 Å². The molecule has 0 aromatic heterocycles. The van der Waals surface area contributed by atoms with Gasteiger partial charge in [-0.3, -0.25) is 4.99 Å². The molecule has 0 aromatic rings. The molecule has 32 heavy (non-hydrogen) atoms. The average Bonchev–Trinajstić information content (AvgIpc) is 2.77. The van der Waals surface area contributed by atoms with E-state index in [1.54, 1.807) is 0 Å². The number of hydrogen-bond acceptors (Lipinski definition) is 6. The van der Waals surface area contributed by atoms with Crippen molar-refractivity contribution in [2.75, 3.05) is 6.54 Å². The van der Waals surface area contributed by atoms with Crippen LogP contribution in [0.15, 0.2) is 17.1 Å². The van der Waals surface area contributed by atoms with Gasteiger partial charge < -0.3 is 17.2 Å². The summed E-state index contributed by atoms with van der Waals surface area (Å²) in [4.78, 5) is 36.2. The fourth-order valence-corrected chi connectivity index (χ4v) is 3.17. The molecule has 0 bridgehead atoms. The number of aliphatic imine (C=N–C) groups is 1. The van der Waals surface area contributed by atoms with Gasteiger partial charge in [0.05, 0.1) is 6.42 Å². The van der Waals surface area contributed by atoms with Crippen molar-refractivity contribution in [1.82, 2.24) is 0 Å². The second-order valence-corrected chi connectivity index (χ2v) is 8.25. The van der Waals surface area contributed by atoms with Crippen LogP contribution in [0.4, 0.5) is 0 Å². The zero-order valence-corrected chi connectivity index (χ0v) is 20.1. The van der Waals surface area contributed by atoms with Crippen LogP contribution in [0.5, 0.6) is 0 Å². The van der Waals surface area contributed by atoms with E-state index in [9.17, 15) is 9.59 Å². The third-order valence-electron chi connectivity index (χ3n) is 5.13. The molecule has 0 aliphatic rings. The van der Waals surface area contributed by atoms with Gasteiger partial charge in [0.25, 0.3) is 0 Å². The lowest BCUT2D eigenvalue weighted by atomic mass is 10.1. The Morgan fingerprint density at radius 2 is 1.38 bits per heavy atom. The third-order valence-corrected chi connectivity index (χ3v) is 5.13. The summed E-state index contributed by atoms with van der Waals surface area (Å²) in [6.45, 7) is 2.62. The van der Waals surface area contributed by atoms with E-state index in [2.05, 4.69) is 33.8 Å². The normalized spacial score (nSPS) is 11.9. The summed E-state index contributed by atoms with van der Waals surface area (Å²) in [7, 11) is 0. The lowest BCUT2D eigenvalue weighted by Crippen LogP contribution is -2.33. The molecule has 1 unspecified atom stereocenters. The maximum absolute atomic E-state index is 11.7. The van der Waals surface area contributed by atoms with Crippen molar-refractivity contribution in [2.24, 2.45) is 22.2 Å². The standard InChI is InChI=1S/C24H46N4O4/c1-2-3-4-5-6-7-8-9-10-11-12-13-14-15-16-19-22(29)31-32-23(30)21(25)18-17-20-28-24(26)27/h9-10,21H,2-8,11-20,25H2,1H3,(H4,26,27,28)/b10-9-. The molecule has 0 heterocycles. The Morgan fingerprint density at radius 1 is 0.812 bits per heavy atom. The third kappa shape index (κ3) is 21.2. The molecule has 0 fully saturated rings. The first-order chi connectivity index (χ1) is 15.5. The second kappa shape index (κ2) is 22.1. The average molecular weight is 455 g/mol. The molecule has 0 aliphatic carbocycles. The predicted molar refractivity (Wildman–Crippen MR) is 130 cm³/mol. The first kappa shape index (κ1) is 29.9. The van der Waals surface area contributed by atoms with Gasteiger partial charge in [-0.2, -0.15) is 0 Å². The van der Waals surface area contributed by atoms with Crippen LogP contribution in [-0.4, -0.2) is 30.5 Å². The van der Waals surface area contributed by atoms with Crippen molar-refractivity contribution < 1.29 is 19.4 Å². The molecule has 8 nitrogen and oxygen atoms in total. The predicted octanol–water partition coefficient (Wildman–Crippen LogP) is 4.41. The molecule has 0 saturated carbocycles. The summed E-state index contributed by atoms with van der Waals surface area (Å²) in [5, 5.41) is 0. The van der Waals surface area contributed by atoms with Crippen LogP contribution in [0.1, 0.15) is 110 Å². The van der Waals surface area contributed by atoms with Crippen LogP contribution in [0.3, 0.4) is 0 Å². The van der Waals surface area contributed by atoms with Crippen molar-refractivity contribution >= 4 is 17.9 Å². The monoisotopic (exact) mass is 454 g/mol. The van der Waals surface area contributed by atoms with Gasteiger partial charge in [-0.25, -0.2) is 19.4 Å². The molecule has 8 heteroatoms. The van der Waals surface area contributed by atoms with E-state index in [1.165, 1.54) is 51.4 Å². The van der Waals surface area contributed by atoms with Crippen molar-refractivity contribution in [3.8, 4) is 0 Å². The molecule has 0 radical (unpaired) electrons. The van der Waals surface area contributed by atoms with Gasteiger partial charge in [-0.05, 0) is 44.9 Å². The number of carbonyl (C=O) groups excluding carboxylic acids is 2. The molecule has 0 spiro atoms. The number of nitrogens with two attached hydrogens (primary N) is 3. The molecule has 0 amide bonds. The van der Waals surface area contributed by atoms with E-state index in [0.717, 1.165) is 32.1 Å². The Labute approximate surface area is 194 Å². The van der Waals surface area contributed by atoms with Gasteiger partial charge in [-0.15, -0.1) is 0 Å². The summed E-state index contributed by atoms with van der Waals surface area (Å²) in [5.74, 6) is -1.33. The van der Waals surface area contributed by atoms with E-state index in [0.29, 0.717) is 19.4 Å². The van der Waals surface area contributed by atoms with Gasteiger partial charge in [0.2, 0.25) is 0 Å². The Kier molecular flexibility index (Phi) is 20.7. The maximum atomic E-state index is 11.7. The lowest BCUT2D eigenvalue weighted by Gasteiger charge is -2.09. The minimum Gasteiger partial charge on any atom is -0.370 e. The number of nitrogens with zero attached hydrogens (tertiary/aromatic N) is 1. The van der Waals surface area contributed by atoms with E-state index in [4.69, 9.17) is 17.2 Å². The van der Waals surface area contributed by atoms with Crippen LogP contribution in [0.25, 0.3) is 0 Å². The van der Waals surface area contributed by atoms with Crippen molar-refractivity contribution in [3.05, 3.63) is 12.2 Å². The number of carbonyl (C=O) groups is 2. The number of rotatable bonds is 20. The van der Waals surface area contributed by atoms with Gasteiger partial charge in [0.1, 0.15) is 6.04 Å². The van der Waals surface area contributed by atoms with Crippen LogP contribution in [0.2, 0.25) is 0 Å². The van der Waals surface area contributed by atoms with E-state index in [1.807, 2.05) is 0 Å². The molecule has 0 saturated heterocycles. The van der Waals surface area contributed by atoms with Crippen LogP contribution >= 0.6 is 0 Å². The molecule has 186 valence electrons. The number of hydrogen-bond donors (Lipinski definition) is 3. The van der Waals surface area contributed by atoms with E-state index in [-0.39, 0.29) is 12.4 Å². The van der Waals surface area contributed by atoms with Crippen molar-refractivity contribution in [3.63, 3.8) is 0 Å². The summed E-state index contributed by atoms with van der Waals surface area (Å²) in [6, 6.07) is -0.878. The second-order valence-electron chi connectivity index (χ2n) is 8.25. The molecular weight excluding hydrogens is 408 g/mol. The Balaban J connectivity index is 3.49. The van der Waals surface area contributed by atoms with Crippen LogP contribution in [0, 0.1) is 0 Å². The molecule has 0 rings (SSSR count).